The van der Waals surface area contributed by atoms with Gasteiger partial charge in [-0.15, -0.1) is 0 Å². The number of nitrogens with zero attached hydrogens (tertiary/aromatic N) is 2. The molecule has 0 aliphatic rings. The van der Waals surface area contributed by atoms with E-state index in [1.807, 2.05) is 25.1 Å². The number of benzene rings is 1. The summed E-state index contributed by atoms with van der Waals surface area (Å²) in [7, 11) is 0. The highest BCUT2D eigenvalue weighted by atomic mass is 35.5. The number of halogens is 1. The third kappa shape index (κ3) is 2.00. The van der Waals surface area contributed by atoms with Crippen LogP contribution in [-0.4, -0.2) is 10.1 Å². The molecule has 1 heterocycles. The second-order valence-corrected chi connectivity index (χ2v) is 3.59. The lowest BCUT2D eigenvalue weighted by molar-refractivity contribution is 0.380. The molecule has 0 aliphatic carbocycles. The predicted molar refractivity (Wildman–Crippen MR) is 57.4 cm³/mol. The van der Waals surface area contributed by atoms with Crippen molar-refractivity contribution >= 4 is 11.6 Å². The highest BCUT2D eigenvalue weighted by Gasteiger charge is 2.08. The van der Waals surface area contributed by atoms with Crippen molar-refractivity contribution < 1.29 is 4.52 Å². The molecule has 2 N–H and O–H groups in total. The Morgan fingerprint density at radius 3 is 2.87 bits per heavy atom. The molecule has 2 rings (SSSR count). The predicted octanol–water partition coefficient (Wildman–Crippen LogP) is 2.16. The number of aromatic nitrogens is 2. The van der Waals surface area contributed by atoms with Crippen molar-refractivity contribution in [1.29, 1.82) is 0 Å². The summed E-state index contributed by atoms with van der Waals surface area (Å²) >= 11 is 5.99. The van der Waals surface area contributed by atoms with E-state index in [1.165, 1.54) is 0 Å². The Balaban J connectivity index is 2.40. The van der Waals surface area contributed by atoms with Gasteiger partial charge in [-0.2, -0.15) is 4.98 Å². The molecular formula is C10H10ClN3O. The fraction of sp³-hybridized carbons (Fsp3) is 0.200. The Hall–Kier alpha value is -1.39. The molecule has 0 radical (unpaired) electrons. The molecule has 2 aromatic rings. The van der Waals surface area contributed by atoms with Gasteiger partial charge in [0.2, 0.25) is 11.7 Å². The summed E-state index contributed by atoms with van der Waals surface area (Å²) in [5, 5.41) is 4.49. The third-order valence-electron chi connectivity index (χ3n) is 2.07. The summed E-state index contributed by atoms with van der Waals surface area (Å²) in [5.41, 5.74) is 7.22. The first-order valence-corrected chi connectivity index (χ1v) is 4.87. The molecule has 0 atom stereocenters. The second-order valence-electron chi connectivity index (χ2n) is 3.18. The number of nitrogens with two attached hydrogens (primary N) is 1. The lowest BCUT2D eigenvalue weighted by Gasteiger charge is -1.98. The first-order chi connectivity index (χ1) is 7.20. The number of aryl methyl sites for hydroxylation is 1. The molecule has 0 bridgehead atoms. The Bertz CT molecular complexity index is 481. The maximum absolute atomic E-state index is 5.99. The van der Waals surface area contributed by atoms with Gasteiger partial charge in [0, 0.05) is 10.6 Å². The number of hydrogen-bond acceptors (Lipinski definition) is 4. The van der Waals surface area contributed by atoms with E-state index in [1.54, 1.807) is 0 Å². The van der Waals surface area contributed by atoms with Gasteiger partial charge in [0.05, 0.1) is 6.54 Å². The van der Waals surface area contributed by atoms with Gasteiger partial charge in [0.1, 0.15) is 0 Å². The van der Waals surface area contributed by atoms with Gasteiger partial charge in [0.25, 0.3) is 0 Å². The largest absolute Gasteiger partial charge is 0.338 e. The maximum Gasteiger partial charge on any atom is 0.240 e. The molecule has 0 spiro atoms. The average Bonchev–Trinajstić information content (AvgIpc) is 2.70. The van der Waals surface area contributed by atoms with Crippen molar-refractivity contribution in [3.8, 4) is 11.4 Å². The zero-order chi connectivity index (χ0) is 10.8. The van der Waals surface area contributed by atoms with Gasteiger partial charge in [-0.05, 0) is 18.6 Å². The van der Waals surface area contributed by atoms with Crippen LogP contribution in [0.15, 0.2) is 22.7 Å². The molecule has 0 saturated heterocycles. The standard InChI is InChI=1S/C10H10ClN3O/c1-6-2-3-7(4-8(6)11)10-13-9(5-12)15-14-10/h2-4H,5,12H2,1H3. The van der Waals surface area contributed by atoms with E-state index in [0.29, 0.717) is 16.7 Å². The molecule has 0 amide bonds. The minimum atomic E-state index is 0.243. The Kier molecular flexibility index (Phi) is 2.70. The van der Waals surface area contributed by atoms with Crippen LogP contribution in [0, 0.1) is 6.92 Å². The van der Waals surface area contributed by atoms with Crippen molar-refractivity contribution in [2.24, 2.45) is 5.73 Å². The maximum atomic E-state index is 5.99. The summed E-state index contributed by atoms with van der Waals surface area (Å²) < 4.78 is 4.91. The highest BCUT2D eigenvalue weighted by molar-refractivity contribution is 6.31. The van der Waals surface area contributed by atoms with Crippen molar-refractivity contribution in [3.63, 3.8) is 0 Å². The molecule has 0 saturated carbocycles. The van der Waals surface area contributed by atoms with Crippen LogP contribution in [-0.2, 0) is 6.54 Å². The van der Waals surface area contributed by atoms with Gasteiger partial charge in [-0.3, -0.25) is 0 Å². The first kappa shape index (κ1) is 10.1. The van der Waals surface area contributed by atoms with Crippen molar-refractivity contribution in [1.82, 2.24) is 10.1 Å². The SMILES string of the molecule is Cc1ccc(-c2noc(CN)n2)cc1Cl. The minimum absolute atomic E-state index is 0.243. The number of rotatable bonds is 2. The fourth-order valence-electron chi connectivity index (χ4n) is 1.19. The third-order valence-corrected chi connectivity index (χ3v) is 2.48. The molecule has 5 heteroatoms. The van der Waals surface area contributed by atoms with Crippen LogP contribution in [0.1, 0.15) is 11.5 Å². The van der Waals surface area contributed by atoms with Gasteiger partial charge in [0.15, 0.2) is 0 Å². The molecule has 1 aromatic carbocycles. The van der Waals surface area contributed by atoms with Gasteiger partial charge >= 0.3 is 0 Å². The Morgan fingerprint density at radius 2 is 2.27 bits per heavy atom. The monoisotopic (exact) mass is 223 g/mol. The average molecular weight is 224 g/mol. The van der Waals surface area contributed by atoms with E-state index in [0.717, 1.165) is 11.1 Å². The van der Waals surface area contributed by atoms with Gasteiger partial charge in [-0.1, -0.05) is 28.9 Å². The van der Waals surface area contributed by atoms with E-state index in [2.05, 4.69) is 10.1 Å². The van der Waals surface area contributed by atoms with Crippen LogP contribution >= 0.6 is 11.6 Å². The molecule has 0 fully saturated rings. The van der Waals surface area contributed by atoms with E-state index in [9.17, 15) is 0 Å². The van der Waals surface area contributed by atoms with Crippen LogP contribution in [0.5, 0.6) is 0 Å². The number of hydrogen-bond donors (Lipinski definition) is 1. The van der Waals surface area contributed by atoms with Crippen LogP contribution < -0.4 is 5.73 Å². The molecule has 1 aromatic heterocycles. The molecule has 15 heavy (non-hydrogen) atoms. The van der Waals surface area contributed by atoms with Gasteiger partial charge < -0.3 is 10.3 Å². The highest BCUT2D eigenvalue weighted by Crippen LogP contribution is 2.22. The van der Waals surface area contributed by atoms with Crippen LogP contribution in [0.3, 0.4) is 0 Å². The van der Waals surface area contributed by atoms with E-state index in [4.69, 9.17) is 21.9 Å². The first-order valence-electron chi connectivity index (χ1n) is 4.50. The molecule has 78 valence electrons. The summed E-state index contributed by atoms with van der Waals surface area (Å²) in [6, 6.07) is 5.62. The normalized spacial score (nSPS) is 10.6. The molecular weight excluding hydrogens is 214 g/mol. The molecule has 0 aliphatic heterocycles. The fourth-order valence-corrected chi connectivity index (χ4v) is 1.37. The summed E-state index contributed by atoms with van der Waals surface area (Å²) in [6.07, 6.45) is 0. The lowest BCUT2D eigenvalue weighted by Crippen LogP contribution is -1.95. The Morgan fingerprint density at radius 1 is 1.47 bits per heavy atom. The van der Waals surface area contributed by atoms with Crippen LogP contribution in [0.25, 0.3) is 11.4 Å². The van der Waals surface area contributed by atoms with Crippen molar-refractivity contribution in [2.45, 2.75) is 13.5 Å². The van der Waals surface area contributed by atoms with Crippen LogP contribution in [0.2, 0.25) is 5.02 Å². The van der Waals surface area contributed by atoms with Gasteiger partial charge in [-0.25, -0.2) is 0 Å². The van der Waals surface area contributed by atoms with Crippen LogP contribution in [0.4, 0.5) is 0 Å². The summed E-state index contributed by atoms with van der Waals surface area (Å²) in [4.78, 5) is 4.11. The quantitative estimate of drug-likeness (QED) is 0.847. The molecule has 0 unspecified atom stereocenters. The zero-order valence-corrected chi connectivity index (χ0v) is 8.95. The minimum Gasteiger partial charge on any atom is -0.338 e. The summed E-state index contributed by atoms with van der Waals surface area (Å²) in [5.74, 6) is 0.930. The van der Waals surface area contributed by atoms with E-state index >= 15 is 0 Å². The zero-order valence-electron chi connectivity index (χ0n) is 8.20. The van der Waals surface area contributed by atoms with Crippen molar-refractivity contribution in [2.75, 3.05) is 0 Å². The second kappa shape index (κ2) is 4.00. The smallest absolute Gasteiger partial charge is 0.240 e. The van der Waals surface area contributed by atoms with Crippen molar-refractivity contribution in [3.05, 3.63) is 34.7 Å². The van der Waals surface area contributed by atoms with E-state index in [-0.39, 0.29) is 6.54 Å². The lowest BCUT2D eigenvalue weighted by atomic mass is 10.1. The Labute approximate surface area is 92.0 Å². The topological polar surface area (TPSA) is 64.9 Å². The van der Waals surface area contributed by atoms with E-state index < -0.39 is 0 Å². The molecule has 4 nitrogen and oxygen atoms in total. The summed E-state index contributed by atoms with van der Waals surface area (Å²) in [6.45, 7) is 2.18.